The van der Waals surface area contributed by atoms with E-state index in [-0.39, 0.29) is 5.91 Å². The highest BCUT2D eigenvalue weighted by molar-refractivity contribution is 7.09. The van der Waals surface area contributed by atoms with Gasteiger partial charge in [-0.2, -0.15) is 5.26 Å². The highest BCUT2D eigenvalue weighted by Crippen LogP contribution is 2.11. The van der Waals surface area contributed by atoms with Gasteiger partial charge >= 0.3 is 0 Å². The van der Waals surface area contributed by atoms with E-state index in [0.717, 1.165) is 6.42 Å². The molecule has 2 aromatic rings. The van der Waals surface area contributed by atoms with Crippen molar-refractivity contribution in [3.05, 3.63) is 46.3 Å². The standard InChI is InChI=1S/C13H11N3OS/c14-8-10-3-5-12(15-9-10)16-13(17)6-4-11-2-1-7-18-11/h1-3,5,7,9H,4,6H2,(H,15,16,17). The Morgan fingerprint density at radius 3 is 2.94 bits per heavy atom. The molecule has 90 valence electrons. The van der Waals surface area contributed by atoms with Gasteiger partial charge in [-0.3, -0.25) is 4.79 Å². The molecule has 0 atom stereocenters. The van der Waals surface area contributed by atoms with Crippen LogP contribution in [0, 0.1) is 11.3 Å². The Labute approximate surface area is 109 Å². The van der Waals surface area contributed by atoms with Gasteiger partial charge in [-0.05, 0) is 30.0 Å². The number of anilines is 1. The lowest BCUT2D eigenvalue weighted by Gasteiger charge is -2.03. The fourth-order valence-electron chi connectivity index (χ4n) is 1.43. The zero-order valence-corrected chi connectivity index (χ0v) is 10.4. The fraction of sp³-hybridized carbons (Fsp3) is 0.154. The van der Waals surface area contributed by atoms with Gasteiger partial charge in [-0.1, -0.05) is 6.07 Å². The Hall–Kier alpha value is -2.19. The fourth-order valence-corrected chi connectivity index (χ4v) is 2.14. The first-order valence-corrected chi connectivity index (χ1v) is 6.34. The second-order valence-electron chi connectivity index (χ2n) is 3.67. The van der Waals surface area contributed by atoms with Crippen LogP contribution in [-0.4, -0.2) is 10.9 Å². The van der Waals surface area contributed by atoms with Crippen LogP contribution < -0.4 is 5.32 Å². The molecule has 0 saturated heterocycles. The lowest BCUT2D eigenvalue weighted by molar-refractivity contribution is -0.116. The Kier molecular flexibility index (Phi) is 4.05. The lowest BCUT2D eigenvalue weighted by atomic mass is 10.2. The smallest absolute Gasteiger partial charge is 0.225 e. The van der Waals surface area contributed by atoms with E-state index in [9.17, 15) is 4.79 Å². The van der Waals surface area contributed by atoms with Crippen molar-refractivity contribution >= 4 is 23.1 Å². The second kappa shape index (κ2) is 5.94. The molecule has 18 heavy (non-hydrogen) atoms. The van der Waals surface area contributed by atoms with Gasteiger partial charge in [0, 0.05) is 17.5 Å². The zero-order valence-electron chi connectivity index (χ0n) is 9.59. The van der Waals surface area contributed by atoms with Crippen LogP contribution in [0.1, 0.15) is 16.9 Å². The van der Waals surface area contributed by atoms with Crippen LogP contribution in [0.3, 0.4) is 0 Å². The van der Waals surface area contributed by atoms with E-state index in [0.29, 0.717) is 17.8 Å². The molecule has 2 aromatic heterocycles. The average Bonchev–Trinajstić information content (AvgIpc) is 2.90. The summed E-state index contributed by atoms with van der Waals surface area (Å²) in [7, 11) is 0. The third-order valence-electron chi connectivity index (χ3n) is 2.34. The molecular weight excluding hydrogens is 246 g/mol. The largest absolute Gasteiger partial charge is 0.311 e. The zero-order chi connectivity index (χ0) is 12.8. The summed E-state index contributed by atoms with van der Waals surface area (Å²) in [4.78, 5) is 16.8. The van der Waals surface area contributed by atoms with E-state index in [1.165, 1.54) is 11.1 Å². The van der Waals surface area contributed by atoms with Crippen molar-refractivity contribution in [3.63, 3.8) is 0 Å². The molecule has 0 fully saturated rings. The van der Waals surface area contributed by atoms with Crippen molar-refractivity contribution in [1.29, 1.82) is 5.26 Å². The first kappa shape index (κ1) is 12.3. The van der Waals surface area contributed by atoms with Gasteiger partial charge in [0.15, 0.2) is 0 Å². The Morgan fingerprint density at radius 1 is 1.44 bits per heavy atom. The van der Waals surface area contributed by atoms with Crippen LogP contribution in [0.15, 0.2) is 35.8 Å². The number of nitrogens with zero attached hydrogens (tertiary/aromatic N) is 2. The van der Waals surface area contributed by atoms with Crippen LogP contribution in [0.25, 0.3) is 0 Å². The summed E-state index contributed by atoms with van der Waals surface area (Å²) in [6, 6.07) is 9.21. The molecule has 0 aliphatic rings. The van der Waals surface area contributed by atoms with Gasteiger partial charge in [-0.15, -0.1) is 11.3 Å². The summed E-state index contributed by atoms with van der Waals surface area (Å²) >= 11 is 1.64. The minimum Gasteiger partial charge on any atom is -0.311 e. The average molecular weight is 257 g/mol. The molecule has 0 aliphatic heterocycles. The number of carbonyl (C=O) groups is 1. The number of aryl methyl sites for hydroxylation is 1. The van der Waals surface area contributed by atoms with E-state index < -0.39 is 0 Å². The molecular formula is C13H11N3OS. The summed E-state index contributed by atoms with van der Waals surface area (Å²) in [5.41, 5.74) is 0.478. The summed E-state index contributed by atoms with van der Waals surface area (Å²) in [6.07, 6.45) is 2.61. The molecule has 0 saturated carbocycles. The van der Waals surface area contributed by atoms with E-state index in [4.69, 9.17) is 5.26 Å². The number of thiophene rings is 1. The number of nitriles is 1. The normalized spacial score (nSPS) is 9.72. The van der Waals surface area contributed by atoms with Crippen molar-refractivity contribution in [2.45, 2.75) is 12.8 Å². The number of carbonyl (C=O) groups excluding carboxylic acids is 1. The van der Waals surface area contributed by atoms with Gasteiger partial charge < -0.3 is 5.32 Å². The first-order valence-electron chi connectivity index (χ1n) is 5.46. The summed E-state index contributed by atoms with van der Waals surface area (Å²) in [5, 5.41) is 13.3. The quantitative estimate of drug-likeness (QED) is 0.915. The molecule has 5 heteroatoms. The minimum atomic E-state index is -0.0689. The predicted molar refractivity (Wildman–Crippen MR) is 70.2 cm³/mol. The highest BCUT2D eigenvalue weighted by atomic mass is 32.1. The number of hydrogen-bond donors (Lipinski definition) is 1. The van der Waals surface area contributed by atoms with Gasteiger partial charge in [0.2, 0.25) is 5.91 Å². The van der Waals surface area contributed by atoms with Gasteiger partial charge in [0.05, 0.1) is 5.56 Å². The molecule has 0 spiro atoms. The van der Waals surface area contributed by atoms with Crippen LogP contribution in [0.2, 0.25) is 0 Å². The SMILES string of the molecule is N#Cc1ccc(NC(=O)CCc2cccs2)nc1. The van der Waals surface area contributed by atoms with Crippen LogP contribution in [0.5, 0.6) is 0 Å². The molecule has 0 bridgehead atoms. The van der Waals surface area contributed by atoms with Crippen LogP contribution in [0.4, 0.5) is 5.82 Å². The van der Waals surface area contributed by atoms with Gasteiger partial charge in [0.1, 0.15) is 11.9 Å². The van der Waals surface area contributed by atoms with Crippen molar-refractivity contribution in [2.24, 2.45) is 0 Å². The first-order chi connectivity index (χ1) is 8.78. The van der Waals surface area contributed by atoms with Gasteiger partial charge in [0.25, 0.3) is 0 Å². The predicted octanol–water partition coefficient (Wildman–Crippen LogP) is 2.59. The molecule has 0 radical (unpaired) electrons. The second-order valence-corrected chi connectivity index (χ2v) is 4.70. The molecule has 1 amide bonds. The summed E-state index contributed by atoms with van der Waals surface area (Å²) in [5.74, 6) is 0.408. The van der Waals surface area contributed by atoms with Gasteiger partial charge in [-0.25, -0.2) is 4.98 Å². The minimum absolute atomic E-state index is 0.0689. The molecule has 0 unspecified atom stereocenters. The van der Waals surface area contributed by atoms with Crippen molar-refractivity contribution < 1.29 is 4.79 Å². The molecule has 1 N–H and O–H groups in total. The highest BCUT2D eigenvalue weighted by Gasteiger charge is 2.04. The van der Waals surface area contributed by atoms with Crippen LogP contribution in [-0.2, 0) is 11.2 Å². The van der Waals surface area contributed by atoms with Crippen molar-refractivity contribution in [1.82, 2.24) is 4.98 Å². The Bertz CT molecular complexity index is 555. The van der Waals surface area contributed by atoms with Crippen LogP contribution >= 0.6 is 11.3 Å². The Balaban J connectivity index is 1.85. The summed E-state index contributed by atoms with van der Waals surface area (Å²) < 4.78 is 0. The maximum atomic E-state index is 11.7. The third kappa shape index (κ3) is 3.40. The van der Waals surface area contributed by atoms with E-state index in [1.54, 1.807) is 23.5 Å². The maximum absolute atomic E-state index is 11.7. The number of aromatic nitrogens is 1. The van der Waals surface area contributed by atoms with E-state index >= 15 is 0 Å². The monoisotopic (exact) mass is 257 g/mol. The van der Waals surface area contributed by atoms with E-state index in [2.05, 4.69) is 10.3 Å². The van der Waals surface area contributed by atoms with E-state index in [1.807, 2.05) is 23.6 Å². The number of pyridine rings is 1. The molecule has 4 nitrogen and oxygen atoms in total. The number of amides is 1. The Morgan fingerprint density at radius 2 is 2.33 bits per heavy atom. The molecule has 0 aliphatic carbocycles. The summed E-state index contributed by atoms with van der Waals surface area (Å²) in [6.45, 7) is 0. The topological polar surface area (TPSA) is 65.8 Å². The number of nitrogens with one attached hydrogen (secondary N) is 1. The van der Waals surface area contributed by atoms with Crippen molar-refractivity contribution in [2.75, 3.05) is 5.32 Å². The third-order valence-corrected chi connectivity index (χ3v) is 3.27. The molecule has 2 rings (SSSR count). The number of rotatable bonds is 4. The van der Waals surface area contributed by atoms with Crippen molar-refractivity contribution in [3.8, 4) is 6.07 Å². The lowest BCUT2D eigenvalue weighted by Crippen LogP contribution is -2.13. The molecule has 2 heterocycles. The number of hydrogen-bond acceptors (Lipinski definition) is 4. The maximum Gasteiger partial charge on any atom is 0.225 e. The molecule has 0 aromatic carbocycles.